The molecule has 3 amide bonds. The molecule has 4 aliphatic rings. The molecule has 2 unspecified atom stereocenters. The Morgan fingerprint density at radius 2 is 1.23 bits per heavy atom. The number of carbonyl (C=O) groups is 6. The zero-order valence-corrected chi connectivity index (χ0v) is 47.5. The number of hydrogen-bond acceptors (Lipinski definition) is 13. The van der Waals surface area contributed by atoms with Gasteiger partial charge >= 0.3 is 0 Å². The van der Waals surface area contributed by atoms with Crippen LogP contribution in [0.25, 0.3) is 22.3 Å². The van der Waals surface area contributed by atoms with E-state index in [2.05, 4.69) is 93.7 Å². The zero-order chi connectivity index (χ0) is 57.4. The molecule has 2 fully saturated rings. The highest BCUT2D eigenvalue weighted by atomic mass is 16.4. The maximum Gasteiger partial charge on any atom is 0.247 e. The molecule has 5 N–H and O–H groups in total. The van der Waals surface area contributed by atoms with E-state index in [1.165, 1.54) is 45.4 Å². The van der Waals surface area contributed by atoms with Crippen molar-refractivity contribution < 1.29 is 38.6 Å². The molecule has 5 aromatic rings. The largest absolute Gasteiger partial charge is 0.400 e. The summed E-state index contributed by atoms with van der Waals surface area (Å²) in [4.78, 5) is 77.1. The minimum atomic E-state index is -0.575. The van der Waals surface area contributed by atoms with Gasteiger partial charge in [-0.2, -0.15) is 0 Å². The number of aromatic nitrogens is 2. The van der Waals surface area contributed by atoms with Gasteiger partial charge in [0, 0.05) is 64.6 Å². The summed E-state index contributed by atoms with van der Waals surface area (Å²) in [6.07, 6.45) is 17.4. The van der Waals surface area contributed by atoms with E-state index in [1.54, 1.807) is 32.4 Å². The number of pyridine rings is 2. The van der Waals surface area contributed by atoms with Gasteiger partial charge in [0.15, 0.2) is 0 Å². The van der Waals surface area contributed by atoms with Gasteiger partial charge in [-0.05, 0) is 135 Å². The molecule has 2 saturated heterocycles. The van der Waals surface area contributed by atoms with Crippen LogP contribution in [0.4, 0.5) is 11.4 Å². The molecular weight excluding hydrogens is 973 g/mol. The molecule has 4 heterocycles. The third-order valence-electron chi connectivity index (χ3n) is 13.5. The van der Waals surface area contributed by atoms with Crippen molar-refractivity contribution in [3.05, 3.63) is 131 Å². The Kier molecular flexibility index (Phi) is 30.4. The van der Waals surface area contributed by atoms with E-state index < -0.39 is 6.04 Å². The molecule has 418 valence electrons. The molecule has 3 aromatic carbocycles. The number of amides is 3. The number of aldehydes is 2. The summed E-state index contributed by atoms with van der Waals surface area (Å²) in [6, 6.07) is 26.2. The number of aliphatic hydroxyl groups is 1. The number of carbonyl (C=O) groups excluding carboxylic acids is 6. The highest BCUT2D eigenvalue weighted by Crippen LogP contribution is 2.56. The topological polar surface area (TPSA) is 212 Å². The Labute approximate surface area is 458 Å². The number of fused-ring (bicyclic) bond motifs is 2. The number of hydrogen-bond donors (Lipinski definition) is 5. The molecule has 0 bridgehead atoms. The lowest BCUT2D eigenvalue weighted by Gasteiger charge is -2.30. The lowest BCUT2D eigenvalue weighted by atomic mass is 9.74. The van der Waals surface area contributed by atoms with Crippen LogP contribution in [0, 0.1) is 6.92 Å². The number of aryl methyl sites for hydroxylation is 1. The van der Waals surface area contributed by atoms with Gasteiger partial charge in [0.25, 0.3) is 0 Å². The molecular formula is C61H86N8O8. The molecule has 16 heteroatoms. The van der Waals surface area contributed by atoms with Crippen LogP contribution in [0.2, 0.25) is 0 Å². The fourth-order valence-corrected chi connectivity index (χ4v) is 9.87. The molecule has 2 aromatic heterocycles. The van der Waals surface area contributed by atoms with Gasteiger partial charge in [0.05, 0.1) is 36.7 Å². The fourth-order valence-electron chi connectivity index (χ4n) is 9.87. The first-order chi connectivity index (χ1) is 37.1. The summed E-state index contributed by atoms with van der Waals surface area (Å²) < 4.78 is 4.25. The van der Waals surface area contributed by atoms with Gasteiger partial charge in [-0.3, -0.25) is 29.3 Å². The average Bonchev–Trinajstić information content (AvgIpc) is 4.27. The van der Waals surface area contributed by atoms with E-state index in [-0.39, 0.29) is 35.2 Å². The summed E-state index contributed by atoms with van der Waals surface area (Å²) in [7, 11) is 9.90. The van der Waals surface area contributed by atoms with Crippen LogP contribution in [0.5, 0.6) is 0 Å². The molecule has 2 aliphatic heterocycles. The number of nitrogens with one attached hydrogen (secondary N) is 4. The molecule has 77 heavy (non-hydrogen) atoms. The zero-order valence-electron chi connectivity index (χ0n) is 47.5. The van der Waals surface area contributed by atoms with E-state index in [0.717, 1.165) is 81.6 Å². The standard InChI is InChI=1S/C35H42N6O3.C7H8.C6H11NO.C6H6.C3H7NO.C2H6O.CH4O.CH2O/c1-34(2)11-9-26-30(32-25(8-10-35(32,3)4)29(31(26)34)21-13-23(36-5)17-37-15-21)22-14-24(18-38-16-22)40-33(44)27-7-6-12-41(27)28(43)19-39-20-42;1-7-5-3-2-4-6-7;1-7-4-2-3-6(7)5-8;1-2-4-6-5-3-1;1-4-2-3-5;1-3-2;2*1-2/h13-18,20,27,36H,6-12,19H2,1-5H3,(H,39,42)(H,40,44);2-6H,1H3;5-6H,2-4H2,1H3;1-6H;3-4H,2H2,1H3;1-2H3;2H,1H3;1H2. The van der Waals surface area contributed by atoms with Crippen molar-refractivity contribution in [2.24, 2.45) is 0 Å². The van der Waals surface area contributed by atoms with Crippen molar-refractivity contribution in [2.75, 3.05) is 79.3 Å². The van der Waals surface area contributed by atoms with Crippen LogP contribution in [0.3, 0.4) is 0 Å². The van der Waals surface area contributed by atoms with Crippen molar-refractivity contribution in [1.82, 2.24) is 30.4 Å². The van der Waals surface area contributed by atoms with Crippen molar-refractivity contribution in [3.63, 3.8) is 0 Å². The van der Waals surface area contributed by atoms with Gasteiger partial charge in [-0.1, -0.05) is 100.0 Å². The quantitative estimate of drug-likeness (QED) is 0.0794. The van der Waals surface area contributed by atoms with Gasteiger partial charge in [0.1, 0.15) is 25.4 Å². The Morgan fingerprint density at radius 3 is 1.62 bits per heavy atom. The van der Waals surface area contributed by atoms with Crippen molar-refractivity contribution >= 4 is 49.0 Å². The number of anilines is 2. The third kappa shape index (κ3) is 19.8. The van der Waals surface area contributed by atoms with Crippen LogP contribution in [-0.4, -0.2) is 143 Å². The van der Waals surface area contributed by atoms with E-state index in [0.29, 0.717) is 31.6 Å². The van der Waals surface area contributed by atoms with Gasteiger partial charge in [0.2, 0.25) is 18.2 Å². The summed E-state index contributed by atoms with van der Waals surface area (Å²) in [5.41, 5.74) is 13.2. The number of rotatable bonds is 11. The van der Waals surface area contributed by atoms with Crippen LogP contribution in [0.15, 0.2) is 104 Å². The predicted octanol–water partition coefficient (Wildman–Crippen LogP) is 8.03. The first kappa shape index (κ1) is 66.1. The first-order valence-corrected chi connectivity index (χ1v) is 26.1. The van der Waals surface area contributed by atoms with Gasteiger partial charge in [-0.15, -0.1) is 0 Å². The summed E-state index contributed by atoms with van der Waals surface area (Å²) in [5, 5.41) is 18.4. The molecule has 16 nitrogen and oxygen atoms in total. The number of likely N-dealkylation sites (N-methyl/N-ethyl adjacent to an activating group) is 2. The third-order valence-corrected chi connectivity index (χ3v) is 13.5. The molecule has 0 saturated carbocycles. The number of ether oxygens (including phenoxy) is 1. The van der Waals surface area contributed by atoms with Crippen LogP contribution >= 0.6 is 0 Å². The first-order valence-electron chi connectivity index (χ1n) is 26.1. The van der Waals surface area contributed by atoms with Crippen LogP contribution < -0.4 is 21.3 Å². The molecule has 0 spiro atoms. The maximum absolute atomic E-state index is 13.4. The van der Waals surface area contributed by atoms with Crippen molar-refractivity contribution in [2.45, 2.75) is 109 Å². The lowest BCUT2D eigenvalue weighted by Crippen LogP contribution is -2.46. The van der Waals surface area contributed by atoms with E-state index >= 15 is 0 Å². The number of nitrogens with zero attached hydrogens (tertiary/aromatic N) is 4. The Balaban J connectivity index is 0.000000493. The monoisotopic (exact) mass is 1060 g/mol. The van der Waals surface area contributed by atoms with E-state index in [1.807, 2.05) is 100 Å². The minimum absolute atomic E-state index is 0.00669. The van der Waals surface area contributed by atoms with E-state index in [4.69, 9.17) is 9.90 Å². The second-order valence-electron chi connectivity index (χ2n) is 19.9. The average molecular weight is 1060 g/mol. The lowest BCUT2D eigenvalue weighted by molar-refractivity contribution is -0.136. The molecule has 2 atom stereocenters. The van der Waals surface area contributed by atoms with Crippen LogP contribution in [-0.2, 0) is 57.2 Å². The SMILES string of the molecule is C=O.CN1CCCC1C=O.CNCC=O.CNc1cncc(-c2c3c(c(-c4cncc(NC(=O)C5CCCN5C(=O)CNC=O)c4)c4c2C(C)(C)CC4)C(C)(C)CC3)c1.CO.COC.Cc1ccccc1.c1ccccc1. The highest BCUT2D eigenvalue weighted by Gasteiger charge is 2.43. The Bertz CT molecular complexity index is 2520. The Hall–Kier alpha value is -6.98. The molecule has 2 aliphatic carbocycles. The van der Waals surface area contributed by atoms with Gasteiger partial charge in [-0.25, -0.2) is 0 Å². The summed E-state index contributed by atoms with van der Waals surface area (Å²) >= 11 is 0. The van der Waals surface area contributed by atoms with Crippen molar-refractivity contribution in [3.8, 4) is 22.3 Å². The minimum Gasteiger partial charge on any atom is -0.400 e. The number of likely N-dealkylation sites (tertiary alicyclic amines) is 2. The number of benzene rings is 3. The second-order valence-corrected chi connectivity index (χ2v) is 19.9. The summed E-state index contributed by atoms with van der Waals surface area (Å²) in [6.45, 7) is 15.4. The maximum atomic E-state index is 13.4. The predicted molar refractivity (Wildman–Crippen MR) is 310 cm³/mol. The smallest absolute Gasteiger partial charge is 0.247 e. The summed E-state index contributed by atoms with van der Waals surface area (Å²) in [5.74, 6) is -0.488. The van der Waals surface area contributed by atoms with Crippen molar-refractivity contribution in [1.29, 1.82) is 0 Å². The molecule has 0 radical (unpaired) electrons. The fraction of sp³-hybridized carbons (Fsp3) is 0.443. The Morgan fingerprint density at radius 1 is 0.753 bits per heavy atom. The normalized spacial score (nSPS) is 16.5. The highest BCUT2D eigenvalue weighted by molar-refractivity contribution is 5.98. The van der Waals surface area contributed by atoms with Crippen LogP contribution in [0.1, 0.15) is 94.0 Å². The number of methoxy groups -OCH3 is 1. The second kappa shape index (κ2) is 35.4. The molecule has 9 rings (SSSR count). The number of aliphatic hydroxyl groups excluding tert-OH is 1. The van der Waals surface area contributed by atoms with Gasteiger partial charge < -0.3 is 50.4 Å². The van der Waals surface area contributed by atoms with E-state index in [9.17, 15) is 24.0 Å².